The molecule has 27 heavy (non-hydrogen) atoms. The van der Waals surface area contributed by atoms with E-state index in [1.54, 1.807) is 0 Å². The van der Waals surface area contributed by atoms with Crippen LogP contribution in [0.3, 0.4) is 0 Å². The van der Waals surface area contributed by atoms with Crippen LogP contribution >= 0.6 is 11.6 Å². The fourth-order valence-electron chi connectivity index (χ4n) is 2.20. The predicted molar refractivity (Wildman–Crippen MR) is 94.0 cm³/mol. The molecule has 0 saturated carbocycles. The van der Waals surface area contributed by atoms with Crippen molar-refractivity contribution in [1.82, 2.24) is 4.98 Å². The predicted octanol–water partition coefficient (Wildman–Crippen LogP) is 2.48. The summed E-state index contributed by atoms with van der Waals surface area (Å²) >= 11 is 5.52. The van der Waals surface area contributed by atoms with Crippen molar-refractivity contribution in [3.63, 3.8) is 0 Å². The number of benzene rings is 1. The van der Waals surface area contributed by atoms with Gasteiger partial charge in [-0.25, -0.2) is 18.5 Å². The van der Waals surface area contributed by atoms with Crippen molar-refractivity contribution in [2.45, 2.75) is 11.1 Å². The Balaban J connectivity index is 2.18. The number of amides is 1. The molecule has 1 aromatic carbocycles. The third-order valence-electron chi connectivity index (χ3n) is 3.36. The summed E-state index contributed by atoms with van der Waals surface area (Å²) in [5.74, 6) is -0.763. The van der Waals surface area contributed by atoms with E-state index < -0.39 is 32.7 Å². The van der Waals surface area contributed by atoms with Gasteiger partial charge in [0.25, 0.3) is 0 Å². The van der Waals surface area contributed by atoms with Gasteiger partial charge in [0.15, 0.2) is 0 Å². The molecule has 146 valence electrons. The van der Waals surface area contributed by atoms with Gasteiger partial charge in [0.05, 0.1) is 17.1 Å². The Labute approximate surface area is 158 Å². The van der Waals surface area contributed by atoms with Crippen LogP contribution in [0.1, 0.15) is 5.56 Å². The third kappa shape index (κ3) is 5.31. The summed E-state index contributed by atoms with van der Waals surface area (Å²) < 4.78 is 61.8. The Bertz CT molecular complexity index is 967. The number of anilines is 2. The van der Waals surface area contributed by atoms with Gasteiger partial charge in [-0.2, -0.15) is 13.2 Å². The minimum Gasteiger partial charge on any atom is -0.349 e. The molecule has 1 amide bonds. The molecule has 0 unspecified atom stereocenters. The Morgan fingerprint density at radius 3 is 2.59 bits per heavy atom. The maximum absolute atomic E-state index is 12.9. The number of nitrogens with two attached hydrogens (primary N) is 1. The lowest BCUT2D eigenvalue weighted by atomic mass is 10.2. The first-order valence-corrected chi connectivity index (χ1v) is 9.17. The molecule has 0 bridgehead atoms. The molecule has 0 aliphatic carbocycles. The first kappa shape index (κ1) is 20.9. The van der Waals surface area contributed by atoms with E-state index in [1.165, 1.54) is 36.3 Å². The van der Waals surface area contributed by atoms with Gasteiger partial charge >= 0.3 is 6.18 Å². The molecule has 0 atom stereocenters. The van der Waals surface area contributed by atoms with Crippen molar-refractivity contribution in [2.24, 2.45) is 5.14 Å². The summed E-state index contributed by atoms with van der Waals surface area (Å²) in [5, 5.41) is 6.90. The highest BCUT2D eigenvalue weighted by Gasteiger charge is 2.33. The molecule has 7 nitrogen and oxygen atoms in total. The van der Waals surface area contributed by atoms with E-state index >= 15 is 0 Å². The van der Waals surface area contributed by atoms with Crippen LogP contribution in [-0.4, -0.2) is 32.9 Å². The van der Waals surface area contributed by atoms with Gasteiger partial charge in [-0.05, 0) is 30.3 Å². The summed E-state index contributed by atoms with van der Waals surface area (Å²) in [6.45, 7) is -0.385. The zero-order valence-electron chi connectivity index (χ0n) is 13.8. The van der Waals surface area contributed by atoms with Gasteiger partial charge < -0.3 is 10.2 Å². The normalized spacial score (nSPS) is 11.9. The summed E-state index contributed by atoms with van der Waals surface area (Å²) in [7, 11) is -2.69. The smallest absolute Gasteiger partial charge is 0.349 e. The van der Waals surface area contributed by atoms with Crippen LogP contribution in [0.25, 0.3) is 0 Å². The maximum atomic E-state index is 12.9. The molecule has 1 heterocycles. The molecule has 0 spiro atoms. The Morgan fingerprint density at radius 2 is 2.00 bits per heavy atom. The van der Waals surface area contributed by atoms with Crippen LogP contribution in [0.15, 0.2) is 41.4 Å². The van der Waals surface area contributed by atoms with Crippen molar-refractivity contribution >= 4 is 39.0 Å². The molecule has 1 aromatic heterocycles. The number of hydrogen-bond acceptors (Lipinski definition) is 5. The minimum atomic E-state index is -4.67. The number of rotatable bonds is 5. The van der Waals surface area contributed by atoms with Gasteiger partial charge in [-0.1, -0.05) is 11.6 Å². The van der Waals surface area contributed by atoms with Gasteiger partial charge in [0, 0.05) is 18.9 Å². The molecular formula is C15H14ClF3N4O3S. The van der Waals surface area contributed by atoms with Crippen LogP contribution < -0.4 is 15.4 Å². The van der Waals surface area contributed by atoms with Crippen molar-refractivity contribution in [3.05, 3.63) is 47.1 Å². The van der Waals surface area contributed by atoms with Crippen molar-refractivity contribution < 1.29 is 26.4 Å². The van der Waals surface area contributed by atoms with Crippen LogP contribution in [0.2, 0.25) is 5.02 Å². The lowest BCUT2D eigenvalue weighted by molar-refractivity contribution is -0.137. The van der Waals surface area contributed by atoms with E-state index in [2.05, 4.69) is 10.3 Å². The number of nitrogens with one attached hydrogen (secondary N) is 1. The van der Waals surface area contributed by atoms with E-state index in [0.29, 0.717) is 6.07 Å². The number of carbonyl (C=O) groups is 1. The molecule has 0 radical (unpaired) electrons. The lowest BCUT2D eigenvalue weighted by Crippen LogP contribution is -2.32. The largest absolute Gasteiger partial charge is 0.417 e. The standard InChI is InChI=1S/C15H14ClF3N4O3S/c1-23(14-12(27(20,25)26)3-2-6-21-14)8-13(24)22-9-4-5-11(16)10(7-9)15(17,18)19/h2-7H,8H2,1H3,(H,22,24)(H2,20,25,26). The van der Waals surface area contributed by atoms with E-state index in [4.69, 9.17) is 16.7 Å². The monoisotopic (exact) mass is 422 g/mol. The fourth-order valence-corrected chi connectivity index (χ4v) is 3.16. The number of pyridine rings is 1. The van der Waals surface area contributed by atoms with Gasteiger partial charge in [-0.15, -0.1) is 0 Å². The van der Waals surface area contributed by atoms with Crippen LogP contribution in [0, 0.1) is 0 Å². The highest BCUT2D eigenvalue weighted by Crippen LogP contribution is 2.36. The molecule has 0 saturated heterocycles. The van der Waals surface area contributed by atoms with E-state index in [-0.39, 0.29) is 22.9 Å². The molecular weight excluding hydrogens is 409 g/mol. The number of alkyl halides is 3. The Hall–Kier alpha value is -2.37. The number of primary sulfonamides is 1. The van der Waals surface area contributed by atoms with Crippen molar-refractivity contribution in [2.75, 3.05) is 23.8 Å². The second-order valence-corrected chi connectivity index (χ2v) is 7.40. The number of hydrogen-bond donors (Lipinski definition) is 2. The van der Waals surface area contributed by atoms with Crippen LogP contribution in [0.5, 0.6) is 0 Å². The van der Waals surface area contributed by atoms with Crippen LogP contribution in [0.4, 0.5) is 24.7 Å². The SMILES string of the molecule is CN(CC(=O)Nc1ccc(Cl)c(C(F)(F)F)c1)c1ncccc1S(N)(=O)=O. The fraction of sp³-hybridized carbons (Fsp3) is 0.200. The minimum absolute atomic E-state index is 0.0674. The van der Waals surface area contributed by atoms with Gasteiger partial charge in [-0.3, -0.25) is 4.79 Å². The first-order valence-electron chi connectivity index (χ1n) is 7.25. The van der Waals surface area contributed by atoms with E-state index in [1.807, 2.05) is 0 Å². The van der Waals surface area contributed by atoms with E-state index in [0.717, 1.165) is 6.07 Å². The number of sulfonamides is 1. The third-order valence-corrected chi connectivity index (χ3v) is 4.62. The average Bonchev–Trinajstić information content (AvgIpc) is 2.54. The second-order valence-electron chi connectivity index (χ2n) is 5.47. The maximum Gasteiger partial charge on any atom is 0.417 e. The first-order chi connectivity index (χ1) is 12.4. The number of carbonyl (C=O) groups excluding carboxylic acids is 1. The highest BCUT2D eigenvalue weighted by atomic mass is 35.5. The van der Waals surface area contributed by atoms with Gasteiger partial charge in [0.2, 0.25) is 15.9 Å². The Kier molecular flexibility index (Phi) is 5.97. The number of likely N-dealkylation sites (N-methyl/N-ethyl adjacent to an activating group) is 1. The summed E-state index contributed by atoms with van der Waals surface area (Å²) in [5.41, 5.74) is -1.20. The van der Waals surface area contributed by atoms with E-state index in [9.17, 15) is 26.4 Å². The molecule has 2 rings (SSSR count). The van der Waals surface area contributed by atoms with Crippen LogP contribution in [-0.2, 0) is 21.0 Å². The molecule has 0 aliphatic rings. The summed E-state index contributed by atoms with van der Waals surface area (Å²) in [6.07, 6.45) is -3.36. The molecule has 0 aliphatic heterocycles. The van der Waals surface area contributed by atoms with Crippen molar-refractivity contribution in [3.8, 4) is 0 Å². The topological polar surface area (TPSA) is 105 Å². The summed E-state index contributed by atoms with van der Waals surface area (Å²) in [4.78, 5) is 16.9. The van der Waals surface area contributed by atoms with Gasteiger partial charge in [0.1, 0.15) is 10.7 Å². The molecule has 2 aromatic rings. The highest BCUT2D eigenvalue weighted by molar-refractivity contribution is 7.89. The molecule has 0 fully saturated rings. The second kappa shape index (κ2) is 7.71. The Morgan fingerprint density at radius 1 is 1.33 bits per heavy atom. The lowest BCUT2D eigenvalue weighted by Gasteiger charge is -2.20. The average molecular weight is 423 g/mol. The zero-order chi connectivity index (χ0) is 20.4. The molecule has 3 N–H and O–H groups in total. The molecule has 12 heteroatoms. The summed E-state index contributed by atoms with van der Waals surface area (Å²) in [6, 6.07) is 5.52. The van der Waals surface area contributed by atoms with Crippen molar-refractivity contribution in [1.29, 1.82) is 0 Å². The zero-order valence-corrected chi connectivity index (χ0v) is 15.4. The number of nitrogens with zero attached hydrogens (tertiary/aromatic N) is 2. The quantitative estimate of drug-likeness (QED) is 0.770. The number of aromatic nitrogens is 1. The number of halogens is 4.